The van der Waals surface area contributed by atoms with Crippen molar-refractivity contribution in [2.24, 2.45) is 0 Å². The van der Waals surface area contributed by atoms with E-state index < -0.39 is 41.0 Å². The molecule has 3 nitrogen and oxygen atoms in total. The summed E-state index contributed by atoms with van der Waals surface area (Å²) in [6.45, 7) is 0. The molecule has 0 saturated heterocycles. The number of carboxylic acid groups (broad SMARTS) is 1. The number of nitrogens with zero attached hydrogens (tertiary/aromatic N) is 1. The highest BCUT2D eigenvalue weighted by Gasteiger charge is 2.19. The van der Waals surface area contributed by atoms with E-state index in [9.17, 15) is 18.0 Å². The Balaban J connectivity index is 3.21. The predicted octanol–water partition coefficient (Wildman–Crippen LogP) is 2.44. The molecule has 0 aliphatic carbocycles. The Bertz CT molecular complexity index is 398. The number of aromatic nitrogens is 1. The topological polar surface area (TPSA) is 50.2 Å². The van der Waals surface area contributed by atoms with Gasteiger partial charge in [0, 0.05) is 5.56 Å². The van der Waals surface area contributed by atoms with E-state index in [0.717, 1.165) is 0 Å². The summed E-state index contributed by atoms with van der Waals surface area (Å²) in [6, 6.07) is 0.498. The first kappa shape index (κ1) is 11.8. The first-order valence-electron chi connectivity index (χ1n) is 3.76. The number of carboxylic acids is 1. The molecule has 0 aromatic carbocycles. The predicted molar refractivity (Wildman–Crippen MR) is 45.5 cm³/mol. The van der Waals surface area contributed by atoms with Gasteiger partial charge in [0.05, 0.1) is 12.1 Å². The van der Waals surface area contributed by atoms with E-state index in [0.29, 0.717) is 6.07 Å². The van der Waals surface area contributed by atoms with E-state index in [1.807, 2.05) is 0 Å². The fourth-order valence-electron chi connectivity index (χ4n) is 0.990. The van der Waals surface area contributed by atoms with Gasteiger partial charge in [-0.1, -0.05) is 11.6 Å². The standard InChI is InChI=1S/C8H5ClF3NO2/c9-7-4(10)1-3(8(11)12)5(13-7)2-6(14)15/h1,8H,2H2,(H,14,15). The number of carbonyl (C=O) groups is 1. The van der Waals surface area contributed by atoms with Crippen LogP contribution in [-0.2, 0) is 11.2 Å². The number of alkyl halides is 2. The van der Waals surface area contributed by atoms with Crippen molar-refractivity contribution in [2.75, 3.05) is 0 Å². The number of hydrogen-bond acceptors (Lipinski definition) is 2. The number of aliphatic carboxylic acids is 1. The first-order chi connectivity index (χ1) is 6.91. The third kappa shape index (κ3) is 2.82. The Labute approximate surface area is 87.5 Å². The molecule has 1 aromatic rings. The Hall–Kier alpha value is -1.30. The molecule has 0 saturated carbocycles. The summed E-state index contributed by atoms with van der Waals surface area (Å²) in [6.07, 6.45) is -3.71. The van der Waals surface area contributed by atoms with Gasteiger partial charge in [0.1, 0.15) is 0 Å². The third-order valence-electron chi connectivity index (χ3n) is 1.60. The van der Waals surface area contributed by atoms with E-state index in [4.69, 9.17) is 16.7 Å². The zero-order valence-corrected chi connectivity index (χ0v) is 7.93. The third-order valence-corrected chi connectivity index (χ3v) is 1.86. The molecular weight excluding hydrogens is 235 g/mol. The van der Waals surface area contributed by atoms with Gasteiger partial charge in [-0.25, -0.2) is 18.2 Å². The smallest absolute Gasteiger partial charge is 0.309 e. The quantitative estimate of drug-likeness (QED) is 0.824. The highest BCUT2D eigenvalue weighted by Crippen LogP contribution is 2.25. The lowest BCUT2D eigenvalue weighted by Crippen LogP contribution is -2.07. The SMILES string of the molecule is O=C(O)Cc1nc(Cl)c(F)cc1C(F)F. The van der Waals surface area contributed by atoms with Crippen LogP contribution in [0.3, 0.4) is 0 Å². The summed E-state index contributed by atoms with van der Waals surface area (Å²) < 4.78 is 37.5. The molecule has 1 N–H and O–H groups in total. The molecule has 0 aliphatic rings. The lowest BCUT2D eigenvalue weighted by molar-refractivity contribution is -0.136. The molecule has 0 unspecified atom stereocenters. The molecule has 0 bridgehead atoms. The lowest BCUT2D eigenvalue weighted by atomic mass is 10.1. The van der Waals surface area contributed by atoms with Crippen LogP contribution in [0.5, 0.6) is 0 Å². The monoisotopic (exact) mass is 239 g/mol. The van der Waals surface area contributed by atoms with Crippen molar-refractivity contribution in [3.8, 4) is 0 Å². The normalized spacial score (nSPS) is 10.7. The summed E-state index contributed by atoms with van der Waals surface area (Å²) in [5.41, 5.74) is -1.18. The van der Waals surface area contributed by atoms with Crippen LogP contribution in [-0.4, -0.2) is 16.1 Å². The van der Waals surface area contributed by atoms with Gasteiger partial charge in [-0.3, -0.25) is 4.79 Å². The molecule has 1 rings (SSSR count). The van der Waals surface area contributed by atoms with Gasteiger partial charge < -0.3 is 5.11 Å². The molecule has 0 fully saturated rings. The van der Waals surface area contributed by atoms with Crippen molar-refractivity contribution >= 4 is 17.6 Å². The van der Waals surface area contributed by atoms with E-state index >= 15 is 0 Å². The van der Waals surface area contributed by atoms with E-state index in [2.05, 4.69) is 4.98 Å². The molecule has 0 aliphatic heterocycles. The highest BCUT2D eigenvalue weighted by molar-refractivity contribution is 6.29. The zero-order chi connectivity index (χ0) is 11.6. The van der Waals surface area contributed by atoms with Crippen molar-refractivity contribution in [1.82, 2.24) is 4.98 Å². The minimum atomic E-state index is -2.99. The van der Waals surface area contributed by atoms with Gasteiger partial charge in [0.2, 0.25) is 0 Å². The fourth-order valence-corrected chi connectivity index (χ4v) is 1.15. The molecule has 0 atom stereocenters. The van der Waals surface area contributed by atoms with Crippen LogP contribution in [0.25, 0.3) is 0 Å². The second-order valence-corrected chi connectivity index (χ2v) is 3.03. The molecule has 0 spiro atoms. The Kier molecular flexibility index (Phi) is 3.52. The molecule has 0 radical (unpaired) electrons. The number of pyridine rings is 1. The number of halogens is 4. The second-order valence-electron chi connectivity index (χ2n) is 2.67. The largest absolute Gasteiger partial charge is 0.481 e. The van der Waals surface area contributed by atoms with Crippen LogP contribution in [0, 0.1) is 5.82 Å². The Morgan fingerprint density at radius 2 is 2.20 bits per heavy atom. The van der Waals surface area contributed by atoms with Gasteiger partial charge in [-0.2, -0.15) is 0 Å². The molecule has 0 amide bonds. The Morgan fingerprint density at radius 1 is 1.60 bits per heavy atom. The van der Waals surface area contributed by atoms with Gasteiger partial charge >= 0.3 is 5.97 Å². The van der Waals surface area contributed by atoms with Crippen molar-refractivity contribution in [2.45, 2.75) is 12.8 Å². The molecule has 1 aromatic heterocycles. The number of rotatable bonds is 3. The van der Waals surface area contributed by atoms with Crippen LogP contribution in [0.15, 0.2) is 6.07 Å². The molecule has 82 valence electrons. The number of hydrogen-bond donors (Lipinski definition) is 1. The summed E-state index contributed by atoms with van der Waals surface area (Å²) in [7, 11) is 0. The minimum Gasteiger partial charge on any atom is -0.481 e. The molecule has 1 heterocycles. The van der Waals surface area contributed by atoms with E-state index in [1.165, 1.54) is 0 Å². The van der Waals surface area contributed by atoms with Crippen molar-refractivity contribution < 1.29 is 23.1 Å². The molecule has 7 heteroatoms. The second kappa shape index (κ2) is 4.48. The van der Waals surface area contributed by atoms with Gasteiger partial charge in [-0.15, -0.1) is 0 Å². The van der Waals surface area contributed by atoms with Gasteiger partial charge in [0.25, 0.3) is 6.43 Å². The summed E-state index contributed by atoms with van der Waals surface area (Å²) in [5.74, 6) is -2.44. The minimum absolute atomic E-state index is 0.427. The summed E-state index contributed by atoms with van der Waals surface area (Å²) >= 11 is 5.25. The summed E-state index contributed by atoms with van der Waals surface area (Å²) in [4.78, 5) is 13.6. The van der Waals surface area contributed by atoms with Crippen molar-refractivity contribution in [3.05, 3.63) is 28.3 Å². The van der Waals surface area contributed by atoms with Crippen LogP contribution < -0.4 is 0 Å². The average molecular weight is 240 g/mol. The van der Waals surface area contributed by atoms with E-state index in [1.54, 1.807) is 0 Å². The molecular formula is C8H5ClF3NO2. The lowest BCUT2D eigenvalue weighted by Gasteiger charge is -2.06. The average Bonchev–Trinajstić information content (AvgIpc) is 2.09. The van der Waals surface area contributed by atoms with Gasteiger partial charge in [-0.05, 0) is 6.07 Å². The first-order valence-corrected chi connectivity index (χ1v) is 4.14. The maximum absolute atomic E-state index is 12.8. The van der Waals surface area contributed by atoms with Crippen LogP contribution in [0.4, 0.5) is 13.2 Å². The maximum Gasteiger partial charge on any atom is 0.309 e. The Morgan fingerprint density at radius 3 is 2.67 bits per heavy atom. The van der Waals surface area contributed by atoms with E-state index in [-0.39, 0.29) is 0 Å². The van der Waals surface area contributed by atoms with Crippen LogP contribution in [0.2, 0.25) is 5.15 Å². The summed E-state index contributed by atoms with van der Waals surface area (Å²) in [5, 5.41) is 7.80. The van der Waals surface area contributed by atoms with Crippen molar-refractivity contribution in [1.29, 1.82) is 0 Å². The molecule has 15 heavy (non-hydrogen) atoms. The fraction of sp³-hybridized carbons (Fsp3) is 0.250. The highest BCUT2D eigenvalue weighted by atomic mass is 35.5. The maximum atomic E-state index is 12.8. The van der Waals surface area contributed by atoms with Gasteiger partial charge in [0.15, 0.2) is 11.0 Å². The van der Waals surface area contributed by atoms with Crippen molar-refractivity contribution in [3.63, 3.8) is 0 Å². The zero-order valence-electron chi connectivity index (χ0n) is 7.18. The van der Waals surface area contributed by atoms with Crippen LogP contribution in [0.1, 0.15) is 17.7 Å². The van der Waals surface area contributed by atoms with Crippen LogP contribution >= 0.6 is 11.6 Å².